The second-order valence-electron chi connectivity index (χ2n) is 6.58. The van der Waals surface area contributed by atoms with E-state index in [2.05, 4.69) is 29.2 Å². The first-order chi connectivity index (χ1) is 14.4. The van der Waals surface area contributed by atoms with E-state index in [1.807, 2.05) is 0 Å². The lowest BCUT2D eigenvalue weighted by molar-refractivity contribution is -0.145. The summed E-state index contributed by atoms with van der Waals surface area (Å²) in [6.07, 6.45) is -0.0223. The fourth-order valence-electron chi connectivity index (χ4n) is 2.57. The Morgan fingerprint density at radius 1 is 1.00 bits per heavy atom. The number of halogens is 3. The highest BCUT2D eigenvalue weighted by atomic mass is 127. The number of esters is 2. The molecule has 0 aromatic heterocycles. The largest absolute Gasteiger partial charge is 0.744 e. The molecule has 166 valence electrons. The van der Waals surface area contributed by atoms with Gasteiger partial charge in [-0.25, -0.2) is 8.42 Å². The van der Waals surface area contributed by atoms with Crippen molar-refractivity contribution >= 4 is 89.8 Å². The van der Waals surface area contributed by atoms with Crippen molar-refractivity contribution in [1.82, 2.24) is 0 Å². The lowest BCUT2D eigenvalue weighted by Gasteiger charge is -2.16. The molecule has 0 fully saturated rings. The number of rotatable bonds is 8. The minimum absolute atomic E-state index is 0.0753. The fraction of sp³-hybridized carbons (Fsp3) is 0.200. The summed E-state index contributed by atoms with van der Waals surface area (Å²) >= 11 is 5.51. The van der Waals surface area contributed by atoms with E-state index in [-0.39, 0.29) is 30.6 Å². The standard InChI is InChI=1S/C20H17I3O7S/c1-11(2)7-12(20(25)30-14-5-3-13(21)4-6-14)8-18(24)29-15-9-16(22)19(17(23)10-15)31(26,27)28/h3-6,9-10,12H,1,7-8H2,2H3,(H,26,27,28)/p-1. The van der Waals surface area contributed by atoms with E-state index in [4.69, 9.17) is 9.47 Å². The quantitative estimate of drug-likeness (QED) is 0.124. The summed E-state index contributed by atoms with van der Waals surface area (Å²) in [6, 6.07) is 9.46. The fourth-order valence-corrected chi connectivity index (χ4v) is 6.85. The molecule has 0 N–H and O–H groups in total. The van der Waals surface area contributed by atoms with Crippen LogP contribution in [0, 0.1) is 16.6 Å². The Morgan fingerprint density at radius 2 is 1.55 bits per heavy atom. The SMILES string of the molecule is C=C(C)CC(CC(=O)Oc1cc(I)c(S(=O)(=O)[O-])c(I)c1)C(=O)Oc1ccc(I)cc1. The summed E-state index contributed by atoms with van der Waals surface area (Å²) in [5.41, 5.74) is 0.700. The zero-order chi connectivity index (χ0) is 23.3. The predicted molar refractivity (Wildman–Crippen MR) is 138 cm³/mol. The van der Waals surface area contributed by atoms with E-state index in [1.54, 1.807) is 76.4 Å². The molecule has 0 aliphatic rings. The van der Waals surface area contributed by atoms with E-state index in [1.165, 1.54) is 12.1 Å². The third-order valence-corrected chi connectivity index (χ3v) is 7.92. The van der Waals surface area contributed by atoms with E-state index < -0.39 is 28.0 Å². The molecule has 2 aromatic rings. The van der Waals surface area contributed by atoms with Crippen molar-refractivity contribution in [3.05, 3.63) is 59.3 Å². The minimum Gasteiger partial charge on any atom is -0.744 e. The van der Waals surface area contributed by atoms with Crippen LogP contribution in [0.4, 0.5) is 0 Å². The molecule has 0 saturated heterocycles. The van der Waals surface area contributed by atoms with Crippen LogP contribution in [-0.2, 0) is 19.7 Å². The number of allylic oxidation sites excluding steroid dienone is 1. The van der Waals surface area contributed by atoms with Gasteiger partial charge < -0.3 is 14.0 Å². The van der Waals surface area contributed by atoms with E-state index in [0.29, 0.717) is 11.3 Å². The van der Waals surface area contributed by atoms with E-state index in [0.717, 1.165) is 3.57 Å². The maximum atomic E-state index is 12.6. The lowest BCUT2D eigenvalue weighted by Crippen LogP contribution is -2.25. The zero-order valence-electron chi connectivity index (χ0n) is 16.1. The van der Waals surface area contributed by atoms with Gasteiger partial charge in [0.1, 0.15) is 21.6 Å². The first-order valence-electron chi connectivity index (χ1n) is 8.64. The van der Waals surface area contributed by atoms with Gasteiger partial charge in [-0.05, 0) is 118 Å². The molecular weight excluding hydrogens is 765 g/mol. The second-order valence-corrected chi connectivity index (χ2v) is 11.5. The summed E-state index contributed by atoms with van der Waals surface area (Å²) in [7, 11) is -4.66. The number of hydrogen-bond acceptors (Lipinski definition) is 7. The van der Waals surface area contributed by atoms with Crippen LogP contribution in [0.3, 0.4) is 0 Å². The highest BCUT2D eigenvalue weighted by Gasteiger charge is 2.26. The molecule has 2 aromatic carbocycles. The highest BCUT2D eigenvalue weighted by molar-refractivity contribution is 14.1. The Morgan fingerprint density at radius 3 is 2.03 bits per heavy atom. The zero-order valence-corrected chi connectivity index (χ0v) is 23.4. The normalized spacial score (nSPS) is 12.2. The molecule has 2 rings (SSSR count). The minimum atomic E-state index is -4.66. The van der Waals surface area contributed by atoms with Crippen molar-refractivity contribution < 1.29 is 32.0 Å². The Bertz CT molecular complexity index is 1090. The van der Waals surface area contributed by atoms with E-state index in [9.17, 15) is 22.6 Å². The summed E-state index contributed by atoms with van der Waals surface area (Å²) in [6.45, 7) is 5.53. The summed E-state index contributed by atoms with van der Waals surface area (Å²) in [5.74, 6) is -1.65. The molecule has 31 heavy (non-hydrogen) atoms. The van der Waals surface area contributed by atoms with Crippen LogP contribution in [0.2, 0.25) is 0 Å². The molecule has 0 amide bonds. The molecule has 0 heterocycles. The molecule has 0 spiro atoms. The topological polar surface area (TPSA) is 110 Å². The maximum absolute atomic E-state index is 12.6. The second kappa shape index (κ2) is 11.4. The van der Waals surface area contributed by atoms with Crippen LogP contribution in [0.1, 0.15) is 19.8 Å². The summed E-state index contributed by atoms with van der Waals surface area (Å²) in [5, 5.41) is 0. The first kappa shape index (κ1) is 26.5. The van der Waals surface area contributed by atoms with Gasteiger partial charge in [-0.2, -0.15) is 0 Å². The monoisotopic (exact) mass is 781 g/mol. The van der Waals surface area contributed by atoms with Gasteiger partial charge in [0, 0.05) is 10.7 Å². The Balaban J connectivity index is 2.14. The van der Waals surface area contributed by atoms with Crippen LogP contribution < -0.4 is 9.47 Å². The first-order valence-corrected chi connectivity index (χ1v) is 13.3. The van der Waals surface area contributed by atoms with Crippen LogP contribution in [-0.4, -0.2) is 24.9 Å². The molecule has 1 atom stereocenters. The number of carbonyl (C=O) groups is 2. The molecular formula is C20H16I3O7S-. The average molecular weight is 781 g/mol. The number of hydrogen-bond donors (Lipinski definition) is 0. The molecule has 0 aliphatic heterocycles. The van der Waals surface area contributed by atoms with Gasteiger partial charge in [-0.15, -0.1) is 6.58 Å². The third kappa shape index (κ3) is 8.25. The van der Waals surface area contributed by atoms with Gasteiger partial charge in [0.15, 0.2) is 0 Å². The van der Waals surface area contributed by atoms with Crippen molar-refractivity contribution in [3.8, 4) is 11.5 Å². The van der Waals surface area contributed by atoms with Gasteiger partial charge in [0.25, 0.3) is 0 Å². The van der Waals surface area contributed by atoms with Gasteiger partial charge >= 0.3 is 11.9 Å². The summed E-state index contributed by atoms with van der Waals surface area (Å²) < 4.78 is 46.0. The number of carbonyl (C=O) groups excluding carboxylic acids is 2. The van der Waals surface area contributed by atoms with Crippen LogP contribution in [0.5, 0.6) is 11.5 Å². The predicted octanol–water partition coefficient (Wildman–Crippen LogP) is 4.89. The van der Waals surface area contributed by atoms with Crippen molar-refractivity contribution in [1.29, 1.82) is 0 Å². The smallest absolute Gasteiger partial charge is 0.315 e. The maximum Gasteiger partial charge on any atom is 0.315 e. The molecule has 7 nitrogen and oxygen atoms in total. The van der Waals surface area contributed by atoms with Gasteiger partial charge in [0.05, 0.1) is 17.2 Å². The Hall–Kier alpha value is -0.780. The third-order valence-electron chi connectivity index (χ3n) is 3.83. The molecule has 1 unspecified atom stereocenters. The number of benzene rings is 2. The highest BCUT2D eigenvalue weighted by Crippen LogP contribution is 2.30. The molecule has 11 heteroatoms. The van der Waals surface area contributed by atoms with Crippen LogP contribution in [0.25, 0.3) is 0 Å². The Kier molecular flexibility index (Phi) is 9.72. The van der Waals surface area contributed by atoms with Gasteiger partial charge in [0.2, 0.25) is 0 Å². The number of ether oxygens (including phenoxy) is 2. The lowest BCUT2D eigenvalue weighted by atomic mass is 9.98. The van der Waals surface area contributed by atoms with Crippen molar-refractivity contribution in [2.24, 2.45) is 5.92 Å². The Labute approximate surface area is 221 Å². The van der Waals surface area contributed by atoms with Crippen LogP contribution in [0.15, 0.2) is 53.4 Å². The molecule has 0 bridgehead atoms. The van der Waals surface area contributed by atoms with Crippen molar-refractivity contribution in [2.45, 2.75) is 24.7 Å². The molecule has 0 saturated carbocycles. The van der Waals surface area contributed by atoms with E-state index >= 15 is 0 Å². The van der Waals surface area contributed by atoms with Crippen LogP contribution >= 0.6 is 67.8 Å². The molecule has 0 radical (unpaired) electrons. The molecule has 0 aliphatic carbocycles. The van der Waals surface area contributed by atoms with Crippen molar-refractivity contribution in [2.75, 3.05) is 0 Å². The van der Waals surface area contributed by atoms with Gasteiger partial charge in [-0.3, -0.25) is 9.59 Å². The van der Waals surface area contributed by atoms with Gasteiger partial charge in [-0.1, -0.05) is 5.57 Å². The van der Waals surface area contributed by atoms with Crippen molar-refractivity contribution in [3.63, 3.8) is 0 Å². The summed E-state index contributed by atoms with van der Waals surface area (Å²) in [4.78, 5) is 24.7. The average Bonchev–Trinajstić information content (AvgIpc) is 2.60.